The van der Waals surface area contributed by atoms with Gasteiger partial charge in [-0.3, -0.25) is 0 Å². The molecule has 38 heavy (non-hydrogen) atoms. The van der Waals surface area contributed by atoms with Crippen LogP contribution in [0.15, 0.2) is 10.3 Å². The molecule has 3 atom stereocenters. The summed E-state index contributed by atoms with van der Waals surface area (Å²) in [6.45, 7) is 7.18. The summed E-state index contributed by atoms with van der Waals surface area (Å²) in [4.78, 5) is 23.9. The Bertz CT molecular complexity index is 1270. The van der Waals surface area contributed by atoms with Crippen molar-refractivity contribution in [2.75, 3.05) is 31.1 Å². The van der Waals surface area contributed by atoms with Crippen molar-refractivity contribution < 1.29 is 45.7 Å². The molecule has 2 rings (SSSR count). The van der Waals surface area contributed by atoms with Crippen molar-refractivity contribution in [1.82, 2.24) is 0 Å². The van der Waals surface area contributed by atoms with E-state index < -0.39 is 81.2 Å². The van der Waals surface area contributed by atoms with Crippen LogP contribution in [0, 0.1) is 11.6 Å². The van der Waals surface area contributed by atoms with Crippen LogP contribution in [0.3, 0.4) is 0 Å². The first-order valence-corrected chi connectivity index (χ1v) is 21.0. The maximum absolute atomic E-state index is 15.5. The number of carbonyl (C=O) groups is 1. The summed E-state index contributed by atoms with van der Waals surface area (Å²) >= 11 is 7.54. The summed E-state index contributed by atoms with van der Waals surface area (Å²) < 4.78 is 84.4. The number of carbonyl (C=O) groups excluding carboxylic acids is 1. The number of hydrogen-bond acceptors (Lipinski definition) is 8. The average Bonchev–Trinajstić information content (AvgIpc) is 3.28. The van der Waals surface area contributed by atoms with Crippen molar-refractivity contribution >= 4 is 78.3 Å². The molecule has 0 amide bonds. The van der Waals surface area contributed by atoms with Gasteiger partial charge in [0.2, 0.25) is 0 Å². The molecule has 0 fully saturated rings. The van der Waals surface area contributed by atoms with E-state index in [0.29, 0.717) is 11.3 Å². The van der Waals surface area contributed by atoms with Gasteiger partial charge in [-0.15, -0.1) is 0 Å². The topological polar surface area (TPSA) is 116 Å². The van der Waals surface area contributed by atoms with Gasteiger partial charge in [0.15, 0.2) is 0 Å². The Balaban J connectivity index is 2.83. The van der Waals surface area contributed by atoms with Gasteiger partial charge in [0.25, 0.3) is 0 Å². The number of fused-ring (bicyclic) bond motifs is 1. The Hall–Kier alpha value is -0.612. The summed E-state index contributed by atoms with van der Waals surface area (Å²) in [6, 6.07) is 0.902. The summed E-state index contributed by atoms with van der Waals surface area (Å²) in [6.07, 6.45) is -0.339. The Morgan fingerprint density at radius 1 is 1.13 bits per heavy atom. The number of benzene rings is 1. The van der Waals surface area contributed by atoms with E-state index in [1.807, 2.05) is 0 Å². The van der Waals surface area contributed by atoms with Crippen LogP contribution >= 0.6 is 41.9 Å². The molecule has 0 spiro atoms. The van der Waals surface area contributed by atoms with E-state index in [9.17, 15) is 22.7 Å². The van der Waals surface area contributed by atoms with E-state index in [1.54, 1.807) is 20.8 Å². The number of ether oxygens (including phenoxy) is 3. The molecule has 1 heterocycles. The zero-order valence-electron chi connectivity index (χ0n) is 21.4. The number of hydrogen-bond donors (Lipinski definition) is 1. The first-order chi connectivity index (χ1) is 17.6. The molecular formula is C22H30AsCl2F2O8PS2. The first kappa shape index (κ1) is 33.6. The van der Waals surface area contributed by atoms with Crippen LogP contribution in [-0.4, -0.2) is 72.7 Å². The second-order valence-electron chi connectivity index (χ2n) is 8.91. The maximum atomic E-state index is 15.5. The van der Waals surface area contributed by atoms with Gasteiger partial charge in [0.05, 0.1) is 0 Å². The zero-order valence-corrected chi connectivity index (χ0v) is 27.3. The van der Waals surface area contributed by atoms with Gasteiger partial charge in [-0.05, 0) is 0 Å². The van der Waals surface area contributed by atoms with Crippen molar-refractivity contribution in [3.05, 3.63) is 17.7 Å². The van der Waals surface area contributed by atoms with Gasteiger partial charge in [-0.2, -0.15) is 0 Å². The molecule has 1 aromatic heterocycles. The number of rotatable bonds is 13. The summed E-state index contributed by atoms with van der Waals surface area (Å²) in [5.74, 6) is -3.44. The number of halogens is 4. The third kappa shape index (κ3) is 7.36. The summed E-state index contributed by atoms with van der Waals surface area (Å²) in [5, 5.41) is -0.414. The van der Waals surface area contributed by atoms with Gasteiger partial charge in [0, 0.05) is 0 Å². The van der Waals surface area contributed by atoms with Crippen LogP contribution in [0.4, 0.5) is 13.6 Å². The Kier molecular flexibility index (Phi) is 11.8. The average molecular weight is 701 g/mol. The second kappa shape index (κ2) is 13.4. The molecule has 0 aliphatic carbocycles. The molecule has 1 aromatic carbocycles. The van der Waals surface area contributed by atoms with E-state index in [-0.39, 0.29) is 37.6 Å². The van der Waals surface area contributed by atoms with Crippen molar-refractivity contribution in [1.29, 1.82) is 0 Å². The normalized spacial score (nSPS) is 15.6. The Morgan fingerprint density at radius 3 is 2.11 bits per heavy atom. The minimum absolute atomic E-state index is 0.0430. The SMILES string of the molecule is CCC([As](C(=O)OC(C)(C)C)S(=O)(=O)c1cc2c(F)c(OCCCl)c(OCCCl)c(F)c2s1)P(=O)(O)CC. The molecule has 0 saturated heterocycles. The number of thiophene rings is 1. The van der Waals surface area contributed by atoms with E-state index in [4.69, 9.17) is 37.4 Å². The quantitative estimate of drug-likeness (QED) is 0.147. The number of alkyl halides is 2. The molecular weight excluding hydrogens is 671 g/mol. The molecule has 0 radical (unpaired) electrons. The minimum atomic E-state index is -4.63. The van der Waals surface area contributed by atoms with Gasteiger partial charge in [-0.25, -0.2) is 0 Å². The Morgan fingerprint density at radius 2 is 1.66 bits per heavy atom. The summed E-state index contributed by atoms with van der Waals surface area (Å²) in [5.41, 5.74) is -1.08. The molecule has 0 saturated carbocycles. The van der Waals surface area contributed by atoms with E-state index >= 15 is 8.78 Å². The molecule has 0 aliphatic heterocycles. The molecule has 8 nitrogen and oxygen atoms in total. The third-order valence-corrected chi connectivity index (χ3v) is 25.1. The van der Waals surface area contributed by atoms with Crippen LogP contribution in [0.2, 0.25) is 0 Å². The van der Waals surface area contributed by atoms with Crippen LogP contribution in [0.5, 0.6) is 11.5 Å². The summed E-state index contributed by atoms with van der Waals surface area (Å²) in [7, 11) is -8.73. The molecule has 16 heteroatoms. The molecule has 3 unspecified atom stereocenters. The van der Waals surface area contributed by atoms with Crippen LogP contribution in [0.1, 0.15) is 41.0 Å². The van der Waals surface area contributed by atoms with Crippen molar-refractivity contribution in [3.8, 4) is 11.5 Å². The van der Waals surface area contributed by atoms with Crippen molar-refractivity contribution in [2.24, 2.45) is 0 Å². The molecule has 1 N–H and O–H groups in total. The fourth-order valence-electron chi connectivity index (χ4n) is 3.40. The fourth-order valence-corrected chi connectivity index (χ4v) is 24.8. The van der Waals surface area contributed by atoms with Crippen LogP contribution < -0.4 is 9.47 Å². The molecule has 0 bridgehead atoms. The predicted molar refractivity (Wildman–Crippen MR) is 148 cm³/mol. The zero-order chi connectivity index (χ0) is 29.1. The van der Waals surface area contributed by atoms with Crippen LogP contribution in [0.25, 0.3) is 10.1 Å². The van der Waals surface area contributed by atoms with Gasteiger partial charge < -0.3 is 0 Å². The molecule has 2 aromatic rings. The van der Waals surface area contributed by atoms with Crippen molar-refractivity contribution in [3.63, 3.8) is 0 Å². The van der Waals surface area contributed by atoms with E-state index in [1.165, 1.54) is 13.8 Å². The Labute approximate surface area is 238 Å². The van der Waals surface area contributed by atoms with E-state index in [0.717, 1.165) is 6.07 Å². The van der Waals surface area contributed by atoms with Gasteiger partial charge in [0.1, 0.15) is 0 Å². The third-order valence-electron chi connectivity index (χ3n) is 5.04. The monoisotopic (exact) mass is 700 g/mol. The predicted octanol–water partition coefficient (Wildman–Crippen LogP) is 6.30. The first-order valence-electron chi connectivity index (χ1n) is 11.5. The molecule has 0 aliphatic rings. The van der Waals surface area contributed by atoms with E-state index in [2.05, 4.69) is 0 Å². The van der Waals surface area contributed by atoms with Gasteiger partial charge in [-0.1, -0.05) is 0 Å². The molecule has 216 valence electrons. The van der Waals surface area contributed by atoms with Gasteiger partial charge >= 0.3 is 240 Å². The standard InChI is InChI=1S/C22H30AsCl2F2O8PS2/c1-6-14(36(29,30)7-2)23(21(28)35-22(3,4)5)38(31,32)15-12-13-16(26)18(33-10-8-24)19(34-11-9-25)17(27)20(13)37-15/h12,14H,6-11H2,1-5H3,(H,29,30). The second-order valence-corrected chi connectivity index (χ2v) is 24.5. The fraction of sp³-hybridized carbons (Fsp3) is 0.591. The van der Waals surface area contributed by atoms with Crippen LogP contribution in [-0.2, 0) is 17.4 Å². The van der Waals surface area contributed by atoms with Crippen molar-refractivity contribution in [2.45, 2.75) is 55.3 Å².